The Morgan fingerprint density at radius 2 is 2.00 bits per heavy atom. The molecule has 1 atom stereocenters. The van der Waals surface area contributed by atoms with Crippen LogP contribution in [-0.2, 0) is 11.2 Å². The Bertz CT molecular complexity index is 678. The lowest BCUT2D eigenvalue weighted by Gasteiger charge is -2.34. The fourth-order valence-corrected chi connectivity index (χ4v) is 3.50. The molecule has 0 saturated carbocycles. The maximum atomic E-state index is 13.2. The van der Waals surface area contributed by atoms with Gasteiger partial charge in [0.1, 0.15) is 11.9 Å². The first-order valence-corrected chi connectivity index (χ1v) is 8.91. The zero-order valence-electron chi connectivity index (χ0n) is 14.9. The topological polar surface area (TPSA) is 75.9 Å². The van der Waals surface area contributed by atoms with Crippen LogP contribution in [0.3, 0.4) is 0 Å². The maximum absolute atomic E-state index is 13.2. The van der Waals surface area contributed by atoms with Crippen LogP contribution in [0, 0.1) is 12.8 Å². The average Bonchev–Trinajstić information content (AvgIpc) is 3.07. The van der Waals surface area contributed by atoms with Gasteiger partial charge < -0.3 is 10.2 Å². The molecule has 2 heterocycles. The minimum absolute atomic E-state index is 0.113. The zero-order chi connectivity index (χ0) is 17.6. The van der Waals surface area contributed by atoms with Crippen molar-refractivity contribution in [2.45, 2.75) is 32.2 Å². The molecule has 134 valence electrons. The fourth-order valence-electron chi connectivity index (χ4n) is 3.50. The Kier molecular flexibility index (Phi) is 5.75. The Hall–Kier alpha value is -2.28. The molecule has 7 nitrogen and oxygen atoms in total. The van der Waals surface area contributed by atoms with Gasteiger partial charge in [0.15, 0.2) is 0 Å². The van der Waals surface area contributed by atoms with E-state index >= 15 is 0 Å². The van der Waals surface area contributed by atoms with E-state index in [0.717, 1.165) is 38.0 Å². The molecule has 1 unspecified atom stereocenters. The minimum Gasteiger partial charge on any atom is -0.341 e. The summed E-state index contributed by atoms with van der Waals surface area (Å²) in [4.78, 5) is 15.2. The van der Waals surface area contributed by atoms with Gasteiger partial charge in [-0.2, -0.15) is 0 Å². The summed E-state index contributed by atoms with van der Waals surface area (Å²) in [5.41, 5.74) is 1.11. The summed E-state index contributed by atoms with van der Waals surface area (Å²) in [5, 5.41) is 15.0. The lowest BCUT2D eigenvalue weighted by Crippen LogP contribution is -2.44. The summed E-state index contributed by atoms with van der Waals surface area (Å²) in [5.74, 6) is 1.43. The number of likely N-dealkylation sites (tertiary alicyclic amines) is 1. The van der Waals surface area contributed by atoms with Gasteiger partial charge in [0.05, 0.1) is 0 Å². The highest BCUT2D eigenvalue weighted by molar-refractivity contribution is 5.80. The van der Waals surface area contributed by atoms with Crippen molar-refractivity contribution < 1.29 is 4.79 Å². The molecule has 1 aromatic heterocycles. The second-order valence-electron chi connectivity index (χ2n) is 6.70. The normalized spacial score (nSPS) is 16.8. The summed E-state index contributed by atoms with van der Waals surface area (Å²) < 4.78 is 1.66. The second-order valence-corrected chi connectivity index (χ2v) is 6.70. The third-order valence-electron chi connectivity index (χ3n) is 4.93. The molecule has 1 fully saturated rings. The Morgan fingerprint density at radius 1 is 1.28 bits per heavy atom. The second kappa shape index (κ2) is 8.20. The number of carbonyl (C=O) groups is 1. The molecule has 1 amide bonds. The van der Waals surface area contributed by atoms with Crippen molar-refractivity contribution in [1.29, 1.82) is 0 Å². The van der Waals surface area contributed by atoms with Crippen molar-refractivity contribution in [2.24, 2.45) is 5.92 Å². The number of nitrogens with one attached hydrogen (secondary N) is 1. The predicted molar refractivity (Wildman–Crippen MR) is 95.0 cm³/mol. The molecule has 1 aliphatic heterocycles. The van der Waals surface area contributed by atoms with Gasteiger partial charge >= 0.3 is 0 Å². The maximum Gasteiger partial charge on any atom is 0.247 e. The third-order valence-corrected chi connectivity index (χ3v) is 4.93. The van der Waals surface area contributed by atoms with Crippen LogP contribution in [0.1, 0.15) is 30.3 Å². The molecule has 1 aliphatic rings. The van der Waals surface area contributed by atoms with Crippen LogP contribution in [0.15, 0.2) is 30.3 Å². The molecular formula is C18H26N6O. The number of carbonyl (C=O) groups excluding carboxylic acids is 1. The number of hydrogen-bond donors (Lipinski definition) is 1. The van der Waals surface area contributed by atoms with Crippen LogP contribution in [-0.4, -0.2) is 57.7 Å². The van der Waals surface area contributed by atoms with Gasteiger partial charge in [0.25, 0.3) is 0 Å². The van der Waals surface area contributed by atoms with Crippen LogP contribution in [0.4, 0.5) is 0 Å². The molecule has 0 radical (unpaired) electrons. The largest absolute Gasteiger partial charge is 0.341 e. The number of amides is 1. The molecule has 3 rings (SSSR count). The van der Waals surface area contributed by atoms with Crippen molar-refractivity contribution in [3.63, 3.8) is 0 Å². The number of aromatic nitrogens is 4. The van der Waals surface area contributed by atoms with Gasteiger partial charge in [-0.25, -0.2) is 4.68 Å². The molecule has 25 heavy (non-hydrogen) atoms. The van der Waals surface area contributed by atoms with E-state index in [4.69, 9.17) is 0 Å². The van der Waals surface area contributed by atoms with Crippen molar-refractivity contribution >= 4 is 5.91 Å². The summed E-state index contributed by atoms with van der Waals surface area (Å²) in [7, 11) is 1.98. The van der Waals surface area contributed by atoms with E-state index in [0.29, 0.717) is 18.2 Å². The standard InChI is InChI=1S/C18H26N6O/c1-14-20-21-22-24(14)17(12-15-6-4-3-5-7-15)18(25)23-10-8-16(9-11-23)13-19-2/h3-7,16-17,19H,8-13H2,1-2H3. The van der Waals surface area contributed by atoms with E-state index in [1.54, 1.807) is 4.68 Å². The SMILES string of the molecule is CNCC1CCN(C(=O)C(Cc2ccccc2)n2nnnc2C)CC1. The first-order valence-electron chi connectivity index (χ1n) is 8.91. The fraction of sp³-hybridized carbons (Fsp3) is 0.556. The van der Waals surface area contributed by atoms with E-state index in [-0.39, 0.29) is 5.91 Å². The summed E-state index contributed by atoms with van der Waals surface area (Å²) in [6.45, 7) is 4.46. The molecule has 1 N–H and O–H groups in total. The first kappa shape index (κ1) is 17.5. The summed E-state index contributed by atoms with van der Waals surface area (Å²) in [6, 6.07) is 9.66. The van der Waals surface area contributed by atoms with Crippen LogP contribution in [0.5, 0.6) is 0 Å². The third kappa shape index (κ3) is 4.22. The molecule has 0 aliphatic carbocycles. The molecule has 1 saturated heterocycles. The smallest absolute Gasteiger partial charge is 0.247 e. The lowest BCUT2D eigenvalue weighted by molar-refractivity contribution is -0.136. The monoisotopic (exact) mass is 342 g/mol. The minimum atomic E-state index is -0.391. The Labute approximate surface area is 148 Å². The number of tetrazole rings is 1. The number of benzene rings is 1. The van der Waals surface area contributed by atoms with Crippen LogP contribution < -0.4 is 5.32 Å². The Morgan fingerprint density at radius 3 is 2.60 bits per heavy atom. The van der Waals surface area contributed by atoms with Gasteiger partial charge in [0, 0.05) is 19.5 Å². The number of nitrogens with zero attached hydrogens (tertiary/aromatic N) is 5. The first-order chi connectivity index (χ1) is 12.2. The van der Waals surface area contributed by atoms with E-state index in [1.807, 2.05) is 49.2 Å². The molecule has 0 bridgehead atoms. The van der Waals surface area contributed by atoms with Crippen LogP contribution in [0.25, 0.3) is 0 Å². The molecule has 2 aromatic rings. The van der Waals surface area contributed by atoms with Crippen molar-refractivity contribution in [3.8, 4) is 0 Å². The summed E-state index contributed by atoms with van der Waals surface area (Å²) >= 11 is 0. The van der Waals surface area contributed by atoms with Gasteiger partial charge in [0.2, 0.25) is 5.91 Å². The lowest BCUT2D eigenvalue weighted by atomic mass is 9.95. The van der Waals surface area contributed by atoms with E-state index in [9.17, 15) is 4.79 Å². The van der Waals surface area contributed by atoms with E-state index in [1.165, 1.54) is 0 Å². The van der Waals surface area contributed by atoms with Gasteiger partial charge in [-0.05, 0) is 55.3 Å². The number of rotatable bonds is 6. The average molecular weight is 342 g/mol. The van der Waals surface area contributed by atoms with E-state index < -0.39 is 6.04 Å². The number of hydrogen-bond acceptors (Lipinski definition) is 5. The molecular weight excluding hydrogens is 316 g/mol. The van der Waals surface area contributed by atoms with Gasteiger partial charge in [-0.1, -0.05) is 30.3 Å². The summed E-state index contributed by atoms with van der Waals surface area (Å²) in [6.07, 6.45) is 2.68. The van der Waals surface area contributed by atoms with Crippen LogP contribution >= 0.6 is 0 Å². The predicted octanol–water partition coefficient (Wildman–Crippen LogP) is 1.22. The zero-order valence-corrected chi connectivity index (χ0v) is 14.9. The van der Waals surface area contributed by atoms with Crippen LogP contribution in [0.2, 0.25) is 0 Å². The van der Waals surface area contributed by atoms with Crippen molar-refractivity contribution in [3.05, 3.63) is 41.7 Å². The molecule has 7 heteroatoms. The molecule has 0 spiro atoms. The van der Waals surface area contributed by atoms with Gasteiger partial charge in [-0.15, -0.1) is 5.10 Å². The highest BCUT2D eigenvalue weighted by Crippen LogP contribution is 2.22. The highest BCUT2D eigenvalue weighted by atomic mass is 16.2. The quantitative estimate of drug-likeness (QED) is 0.854. The van der Waals surface area contributed by atoms with Crippen molar-refractivity contribution in [2.75, 3.05) is 26.7 Å². The number of aryl methyl sites for hydroxylation is 1. The van der Waals surface area contributed by atoms with E-state index in [2.05, 4.69) is 20.8 Å². The Balaban J connectivity index is 1.75. The highest BCUT2D eigenvalue weighted by Gasteiger charge is 2.31. The molecule has 1 aromatic carbocycles. The van der Waals surface area contributed by atoms with Gasteiger partial charge in [-0.3, -0.25) is 4.79 Å². The van der Waals surface area contributed by atoms with Crippen molar-refractivity contribution in [1.82, 2.24) is 30.4 Å². The number of piperidine rings is 1.